The molecule has 2 spiro atoms. The molecule has 0 saturated carbocycles. The molecular weight excluding hydrogens is 476 g/mol. The van der Waals surface area contributed by atoms with Crippen molar-refractivity contribution in [2.24, 2.45) is 22.7 Å². The molecule has 2 heterocycles. The number of allylic oxidation sites excluding steroid dienone is 4. The molecule has 4 aliphatic rings. The number of hydrogen-bond acceptors (Lipinski definition) is 5. The Bertz CT molecular complexity index is 831. The monoisotopic (exact) mass is 518 g/mol. The normalized spacial score (nSPS) is 32.5. The molecular formula is C28H43ClMgO5. The maximum atomic E-state index is 12.4. The van der Waals surface area contributed by atoms with E-state index in [2.05, 4.69) is 58.4 Å². The summed E-state index contributed by atoms with van der Waals surface area (Å²) in [4.78, 5) is 35.0. The first-order chi connectivity index (χ1) is 15.5. The second-order valence-electron chi connectivity index (χ2n) is 10.3. The number of carbonyl (C=O) groups is 3. The van der Waals surface area contributed by atoms with Crippen molar-refractivity contribution in [2.45, 2.75) is 105 Å². The number of hydrogen-bond donors (Lipinski definition) is 0. The van der Waals surface area contributed by atoms with Gasteiger partial charge in [-0.25, -0.2) is 0 Å². The third-order valence-corrected chi connectivity index (χ3v) is 8.46. The van der Waals surface area contributed by atoms with Crippen molar-refractivity contribution in [1.82, 2.24) is 0 Å². The molecule has 4 atom stereocenters. The third kappa shape index (κ3) is 6.73. The van der Waals surface area contributed by atoms with Crippen LogP contribution in [0.25, 0.3) is 0 Å². The molecule has 7 heteroatoms. The molecule has 0 bridgehead atoms. The molecule has 5 nitrogen and oxygen atoms in total. The van der Waals surface area contributed by atoms with Gasteiger partial charge in [-0.2, -0.15) is 6.92 Å². The number of rotatable bonds is 2. The van der Waals surface area contributed by atoms with Crippen LogP contribution in [-0.2, 0) is 23.9 Å². The molecule has 0 radical (unpaired) electrons. The fourth-order valence-corrected chi connectivity index (χ4v) is 5.91. The molecule has 0 aromatic rings. The molecule has 4 rings (SSSR count). The smallest absolute Gasteiger partial charge is 1.00 e. The van der Waals surface area contributed by atoms with Gasteiger partial charge >= 0.3 is 41.0 Å². The van der Waals surface area contributed by atoms with Crippen molar-refractivity contribution in [3.8, 4) is 0 Å². The van der Waals surface area contributed by atoms with Crippen LogP contribution >= 0.6 is 0 Å². The Morgan fingerprint density at radius 2 is 1.34 bits per heavy atom. The molecule has 0 aromatic heterocycles. The summed E-state index contributed by atoms with van der Waals surface area (Å²) in [7, 11) is 0. The van der Waals surface area contributed by atoms with E-state index in [-0.39, 0.29) is 76.7 Å². The second-order valence-corrected chi connectivity index (χ2v) is 10.3. The number of halogens is 1. The summed E-state index contributed by atoms with van der Waals surface area (Å²) in [6.45, 7) is 17.6. The zero-order chi connectivity index (χ0) is 25.0. The SMILES string of the molecule is CC1=CC(C)C2(CC1)CC(=O)OC2=O.CCC1(CC)CC2(CCC(C)=CC2C)C(=O)O1.[CH2-]C.[Cl-].[Mg+2]. The summed E-state index contributed by atoms with van der Waals surface area (Å²) in [5.74, 6) is -0.190. The molecule has 0 N–H and O–H groups in total. The first kappa shape index (κ1) is 34.1. The van der Waals surface area contributed by atoms with Crippen LogP contribution in [0.2, 0.25) is 0 Å². The Morgan fingerprint density at radius 1 is 0.886 bits per heavy atom. The van der Waals surface area contributed by atoms with E-state index < -0.39 is 5.41 Å². The fourth-order valence-electron chi connectivity index (χ4n) is 5.91. The maximum Gasteiger partial charge on any atom is 2.00 e. The van der Waals surface area contributed by atoms with E-state index in [9.17, 15) is 14.4 Å². The predicted molar refractivity (Wildman–Crippen MR) is 136 cm³/mol. The Balaban J connectivity index is 0.000000593. The zero-order valence-electron chi connectivity index (χ0n) is 22.8. The van der Waals surface area contributed by atoms with Gasteiger partial charge in [-0.15, -0.1) is 0 Å². The molecule has 2 saturated heterocycles. The fraction of sp³-hybridized carbons (Fsp3) is 0.714. The number of carbonyl (C=O) groups excluding carboxylic acids is 3. The molecule has 2 aliphatic carbocycles. The third-order valence-electron chi connectivity index (χ3n) is 8.46. The van der Waals surface area contributed by atoms with Gasteiger partial charge in [-0.3, -0.25) is 14.4 Å². The maximum absolute atomic E-state index is 12.4. The molecule has 0 aromatic carbocycles. The Kier molecular flexibility index (Phi) is 13.3. The van der Waals surface area contributed by atoms with E-state index >= 15 is 0 Å². The number of esters is 3. The molecule has 35 heavy (non-hydrogen) atoms. The van der Waals surface area contributed by atoms with E-state index in [1.165, 1.54) is 11.1 Å². The average molecular weight is 519 g/mol. The van der Waals surface area contributed by atoms with Crippen molar-refractivity contribution < 1.29 is 36.3 Å². The van der Waals surface area contributed by atoms with Crippen LogP contribution in [0.3, 0.4) is 0 Å². The molecule has 0 amide bonds. The van der Waals surface area contributed by atoms with Crippen LogP contribution in [0.15, 0.2) is 23.3 Å². The van der Waals surface area contributed by atoms with Crippen LogP contribution in [0.1, 0.15) is 99.8 Å². The topological polar surface area (TPSA) is 69.7 Å². The summed E-state index contributed by atoms with van der Waals surface area (Å²) >= 11 is 0. The zero-order valence-corrected chi connectivity index (χ0v) is 25.0. The summed E-state index contributed by atoms with van der Waals surface area (Å²) in [5, 5.41) is 0. The van der Waals surface area contributed by atoms with Crippen LogP contribution in [0, 0.1) is 29.6 Å². The van der Waals surface area contributed by atoms with Gasteiger partial charge in [-0.05, 0) is 64.2 Å². The summed E-state index contributed by atoms with van der Waals surface area (Å²) in [6.07, 6.45) is 11.1. The minimum atomic E-state index is -0.545. The summed E-state index contributed by atoms with van der Waals surface area (Å²) < 4.78 is 10.4. The van der Waals surface area contributed by atoms with Crippen molar-refractivity contribution in [3.05, 3.63) is 30.2 Å². The van der Waals surface area contributed by atoms with Gasteiger partial charge in [0.25, 0.3) is 0 Å². The largest absolute Gasteiger partial charge is 2.00 e. The number of ether oxygens (including phenoxy) is 2. The van der Waals surface area contributed by atoms with E-state index in [0.717, 1.165) is 44.9 Å². The van der Waals surface area contributed by atoms with Gasteiger partial charge in [0.15, 0.2) is 0 Å². The van der Waals surface area contributed by atoms with E-state index in [1.807, 2.05) is 6.92 Å². The van der Waals surface area contributed by atoms with Gasteiger partial charge in [-0.1, -0.05) is 51.0 Å². The van der Waals surface area contributed by atoms with Crippen LogP contribution in [-0.4, -0.2) is 46.6 Å². The number of cyclic esters (lactones) is 3. The van der Waals surface area contributed by atoms with Crippen LogP contribution in [0.5, 0.6) is 0 Å². The van der Waals surface area contributed by atoms with Gasteiger partial charge < -0.3 is 28.8 Å². The van der Waals surface area contributed by atoms with E-state index in [1.54, 1.807) is 6.92 Å². The minimum Gasteiger partial charge on any atom is -1.00 e. The quantitative estimate of drug-likeness (QED) is 0.184. The molecule has 194 valence electrons. The van der Waals surface area contributed by atoms with Gasteiger partial charge in [0.1, 0.15) is 5.60 Å². The van der Waals surface area contributed by atoms with E-state index in [0.29, 0.717) is 5.92 Å². The van der Waals surface area contributed by atoms with Crippen molar-refractivity contribution >= 4 is 41.0 Å². The van der Waals surface area contributed by atoms with Crippen LogP contribution in [0.4, 0.5) is 0 Å². The Morgan fingerprint density at radius 3 is 1.69 bits per heavy atom. The molecule has 2 aliphatic heterocycles. The summed E-state index contributed by atoms with van der Waals surface area (Å²) in [6, 6.07) is 0. The van der Waals surface area contributed by atoms with E-state index in [4.69, 9.17) is 4.74 Å². The molecule has 2 fully saturated rings. The van der Waals surface area contributed by atoms with Crippen molar-refractivity contribution in [1.29, 1.82) is 0 Å². The second kappa shape index (κ2) is 13.6. The molecule has 4 unspecified atom stereocenters. The van der Waals surface area contributed by atoms with Gasteiger partial charge in [0.2, 0.25) is 0 Å². The standard InChI is InChI=1S/C15H24O2.C11H14O3.C2H5.ClH.Mg/c1-5-14(6-2)10-15(13(16)17-14)8-7-11(3)9-12(15)4;1-7-3-4-11(8(2)5-7)6-9(12)14-10(11)13;1-2;;/h9,12H,5-8,10H2,1-4H3;5,8H,3-4,6H2,1-2H3;1H2,2H3;1H;/q;;-1;;+2/p-1. The predicted octanol–water partition coefficient (Wildman–Crippen LogP) is 3.14. The average Bonchev–Trinajstić information content (AvgIpc) is 3.24. The minimum absolute atomic E-state index is 0. The first-order valence-corrected chi connectivity index (χ1v) is 12.6. The van der Waals surface area contributed by atoms with Gasteiger partial charge in [0, 0.05) is 6.42 Å². The van der Waals surface area contributed by atoms with Crippen LogP contribution < -0.4 is 12.4 Å². The van der Waals surface area contributed by atoms with Crippen molar-refractivity contribution in [2.75, 3.05) is 0 Å². The Hall–Kier alpha value is -0.854. The van der Waals surface area contributed by atoms with Gasteiger partial charge in [0.05, 0.1) is 17.3 Å². The van der Waals surface area contributed by atoms with Crippen molar-refractivity contribution in [3.63, 3.8) is 0 Å². The Labute approximate surface area is 234 Å². The first-order valence-electron chi connectivity index (χ1n) is 12.6. The summed E-state index contributed by atoms with van der Waals surface area (Å²) in [5.41, 5.74) is 1.75.